The fourth-order valence-electron chi connectivity index (χ4n) is 4.62. The Hall–Kier alpha value is -3.52. The molecule has 0 bridgehead atoms. The third-order valence-electron chi connectivity index (χ3n) is 6.54. The number of carbonyl (C=O) groups is 1. The quantitative estimate of drug-likeness (QED) is 0.391. The standard InChI is InChI=1S/C26H30N6O2/c1-18-8-6-15-31(18)16-7-17-34-20-13-11-19(12-14-20)23-21-9-4-5-10-22(21)24-27-28-25(32(24)29-23)26(33)30(2)3/h4-5,9-14,18H,6-8,15-17H2,1-3H3/t18-/m1/s1. The molecule has 5 rings (SSSR count). The van der Waals surface area contributed by atoms with Crippen molar-refractivity contribution in [3.63, 3.8) is 0 Å². The van der Waals surface area contributed by atoms with Crippen LogP contribution in [-0.2, 0) is 0 Å². The lowest BCUT2D eigenvalue weighted by Gasteiger charge is -2.20. The van der Waals surface area contributed by atoms with Gasteiger partial charge in [-0.05, 0) is 57.0 Å². The maximum absolute atomic E-state index is 12.6. The smallest absolute Gasteiger partial charge is 0.293 e. The van der Waals surface area contributed by atoms with Crippen molar-refractivity contribution in [2.24, 2.45) is 0 Å². The molecule has 0 N–H and O–H groups in total. The van der Waals surface area contributed by atoms with E-state index in [1.165, 1.54) is 24.3 Å². The van der Waals surface area contributed by atoms with Crippen LogP contribution in [0.2, 0.25) is 0 Å². The first-order valence-corrected chi connectivity index (χ1v) is 11.9. The van der Waals surface area contributed by atoms with Gasteiger partial charge in [0, 0.05) is 43.0 Å². The Labute approximate surface area is 199 Å². The molecule has 3 heterocycles. The van der Waals surface area contributed by atoms with Gasteiger partial charge in [-0.2, -0.15) is 9.61 Å². The number of benzene rings is 2. The van der Waals surface area contributed by atoms with Crippen molar-refractivity contribution in [1.29, 1.82) is 0 Å². The molecule has 1 saturated heterocycles. The molecule has 176 valence electrons. The highest BCUT2D eigenvalue weighted by molar-refractivity contribution is 6.02. The summed E-state index contributed by atoms with van der Waals surface area (Å²) in [5.74, 6) is 0.795. The topological polar surface area (TPSA) is 75.9 Å². The van der Waals surface area contributed by atoms with Gasteiger partial charge in [0.2, 0.25) is 5.82 Å². The number of likely N-dealkylation sites (tertiary alicyclic amines) is 1. The summed E-state index contributed by atoms with van der Waals surface area (Å²) in [5.41, 5.74) is 2.27. The van der Waals surface area contributed by atoms with Gasteiger partial charge in [0.15, 0.2) is 5.65 Å². The third kappa shape index (κ3) is 4.21. The van der Waals surface area contributed by atoms with Gasteiger partial charge in [0.05, 0.1) is 12.3 Å². The number of hydrogen-bond acceptors (Lipinski definition) is 6. The number of carbonyl (C=O) groups excluding carboxylic acids is 1. The van der Waals surface area contributed by atoms with Crippen molar-refractivity contribution in [1.82, 2.24) is 29.6 Å². The van der Waals surface area contributed by atoms with Crippen molar-refractivity contribution in [3.8, 4) is 17.0 Å². The number of amides is 1. The number of fused-ring (bicyclic) bond motifs is 3. The molecule has 1 aliphatic heterocycles. The zero-order chi connectivity index (χ0) is 23.7. The SMILES string of the molecule is C[C@@H]1CCCN1CCCOc1ccc(-c2nn3c(C(=O)N(C)C)nnc3c3ccccc23)cc1. The Bertz CT molecular complexity index is 1310. The van der Waals surface area contributed by atoms with Crippen LogP contribution >= 0.6 is 0 Å². The number of ether oxygens (including phenoxy) is 1. The second-order valence-corrected chi connectivity index (χ2v) is 9.11. The second kappa shape index (κ2) is 9.38. The molecular weight excluding hydrogens is 428 g/mol. The number of nitrogens with zero attached hydrogens (tertiary/aromatic N) is 6. The van der Waals surface area contributed by atoms with E-state index >= 15 is 0 Å². The van der Waals surface area contributed by atoms with Crippen molar-refractivity contribution < 1.29 is 9.53 Å². The lowest BCUT2D eigenvalue weighted by atomic mass is 10.0. The number of aromatic nitrogens is 4. The van der Waals surface area contributed by atoms with Crippen LogP contribution in [0.4, 0.5) is 0 Å². The molecule has 0 spiro atoms. The second-order valence-electron chi connectivity index (χ2n) is 9.11. The molecule has 0 saturated carbocycles. The van der Waals surface area contributed by atoms with Crippen LogP contribution < -0.4 is 4.74 Å². The number of hydrogen-bond donors (Lipinski definition) is 0. The van der Waals surface area contributed by atoms with Crippen LogP contribution in [0.25, 0.3) is 27.7 Å². The van der Waals surface area contributed by atoms with E-state index < -0.39 is 0 Å². The molecule has 2 aromatic heterocycles. The first-order chi connectivity index (χ1) is 16.5. The zero-order valence-electron chi connectivity index (χ0n) is 19.9. The van der Waals surface area contributed by atoms with Crippen LogP contribution in [0.3, 0.4) is 0 Å². The summed E-state index contributed by atoms with van der Waals surface area (Å²) in [7, 11) is 3.38. The Balaban J connectivity index is 1.39. The van der Waals surface area contributed by atoms with E-state index in [0.717, 1.165) is 40.7 Å². The van der Waals surface area contributed by atoms with E-state index in [0.29, 0.717) is 18.3 Å². The van der Waals surface area contributed by atoms with Crippen molar-refractivity contribution >= 4 is 22.3 Å². The first kappa shape index (κ1) is 22.3. The van der Waals surface area contributed by atoms with Crippen LogP contribution in [-0.4, -0.2) is 75.4 Å². The predicted molar refractivity (Wildman–Crippen MR) is 132 cm³/mol. The summed E-state index contributed by atoms with van der Waals surface area (Å²) in [6, 6.07) is 16.6. The molecule has 0 radical (unpaired) electrons. The average molecular weight is 459 g/mol. The maximum atomic E-state index is 12.6. The van der Waals surface area contributed by atoms with E-state index in [4.69, 9.17) is 9.84 Å². The van der Waals surface area contributed by atoms with E-state index in [-0.39, 0.29) is 11.7 Å². The molecule has 1 amide bonds. The third-order valence-corrected chi connectivity index (χ3v) is 6.54. The van der Waals surface area contributed by atoms with Crippen molar-refractivity contribution in [2.75, 3.05) is 33.8 Å². The summed E-state index contributed by atoms with van der Waals surface area (Å²) >= 11 is 0. The van der Waals surface area contributed by atoms with Gasteiger partial charge in [-0.15, -0.1) is 10.2 Å². The van der Waals surface area contributed by atoms with Crippen LogP contribution in [0.5, 0.6) is 5.75 Å². The van der Waals surface area contributed by atoms with Gasteiger partial charge in [-0.25, -0.2) is 0 Å². The highest BCUT2D eigenvalue weighted by atomic mass is 16.5. The summed E-state index contributed by atoms with van der Waals surface area (Å²) in [4.78, 5) is 16.6. The predicted octanol–water partition coefficient (Wildman–Crippen LogP) is 3.90. The molecule has 1 atom stereocenters. The molecular formula is C26H30N6O2. The Morgan fingerprint density at radius 2 is 1.85 bits per heavy atom. The molecule has 2 aromatic carbocycles. The molecule has 8 nitrogen and oxygen atoms in total. The fraction of sp³-hybridized carbons (Fsp3) is 0.385. The zero-order valence-corrected chi connectivity index (χ0v) is 19.9. The molecule has 4 aromatic rings. The van der Waals surface area contributed by atoms with Crippen LogP contribution in [0.15, 0.2) is 48.5 Å². The summed E-state index contributed by atoms with van der Waals surface area (Å²) in [5, 5.41) is 15.0. The van der Waals surface area contributed by atoms with Gasteiger partial charge >= 0.3 is 0 Å². The van der Waals surface area contributed by atoms with Crippen molar-refractivity contribution in [2.45, 2.75) is 32.2 Å². The Morgan fingerprint density at radius 3 is 2.56 bits per heavy atom. The average Bonchev–Trinajstić information content (AvgIpc) is 3.47. The minimum absolute atomic E-state index is 0.194. The summed E-state index contributed by atoms with van der Waals surface area (Å²) < 4.78 is 7.54. The van der Waals surface area contributed by atoms with Crippen molar-refractivity contribution in [3.05, 3.63) is 54.4 Å². The van der Waals surface area contributed by atoms with E-state index in [1.54, 1.807) is 18.6 Å². The lowest BCUT2D eigenvalue weighted by Crippen LogP contribution is -2.28. The van der Waals surface area contributed by atoms with E-state index in [9.17, 15) is 4.79 Å². The Morgan fingerprint density at radius 1 is 1.09 bits per heavy atom. The molecule has 0 unspecified atom stereocenters. The van der Waals surface area contributed by atoms with Gasteiger partial charge in [-0.1, -0.05) is 24.3 Å². The maximum Gasteiger partial charge on any atom is 0.293 e. The van der Waals surface area contributed by atoms with Gasteiger partial charge < -0.3 is 14.5 Å². The molecule has 8 heteroatoms. The highest BCUT2D eigenvalue weighted by Crippen LogP contribution is 2.30. The largest absolute Gasteiger partial charge is 0.494 e. The summed E-state index contributed by atoms with van der Waals surface area (Å²) in [6.45, 7) is 5.30. The number of rotatable bonds is 7. The fourth-order valence-corrected chi connectivity index (χ4v) is 4.62. The first-order valence-electron chi connectivity index (χ1n) is 11.9. The minimum Gasteiger partial charge on any atom is -0.494 e. The van der Waals surface area contributed by atoms with Gasteiger partial charge in [0.25, 0.3) is 5.91 Å². The summed E-state index contributed by atoms with van der Waals surface area (Å²) in [6.07, 6.45) is 3.62. The Kier molecular flexibility index (Phi) is 6.15. The van der Waals surface area contributed by atoms with Crippen LogP contribution in [0, 0.1) is 0 Å². The van der Waals surface area contributed by atoms with Crippen LogP contribution in [0.1, 0.15) is 36.8 Å². The monoisotopic (exact) mass is 458 g/mol. The van der Waals surface area contributed by atoms with E-state index in [2.05, 4.69) is 22.0 Å². The molecule has 1 aliphatic rings. The van der Waals surface area contributed by atoms with Gasteiger partial charge in [-0.3, -0.25) is 4.79 Å². The molecule has 34 heavy (non-hydrogen) atoms. The van der Waals surface area contributed by atoms with Gasteiger partial charge in [0.1, 0.15) is 5.75 Å². The molecule has 1 fully saturated rings. The van der Waals surface area contributed by atoms with E-state index in [1.807, 2.05) is 48.5 Å². The normalized spacial score (nSPS) is 16.4. The highest BCUT2D eigenvalue weighted by Gasteiger charge is 2.21. The lowest BCUT2D eigenvalue weighted by molar-refractivity contribution is 0.0813. The molecule has 0 aliphatic carbocycles. The minimum atomic E-state index is -0.242.